The minimum Gasteiger partial charge on any atom is -0.403 e. The van der Waals surface area contributed by atoms with Gasteiger partial charge in [-0.1, -0.05) is 23.2 Å². The van der Waals surface area contributed by atoms with Gasteiger partial charge >= 0.3 is 6.16 Å². The maximum absolute atomic E-state index is 11.0. The van der Waals surface area contributed by atoms with Gasteiger partial charge in [0, 0.05) is 0 Å². The summed E-state index contributed by atoms with van der Waals surface area (Å²) in [5.74, 6) is -0.806. The van der Waals surface area contributed by atoms with E-state index in [-0.39, 0.29) is 0 Å². The molecule has 1 saturated carbocycles. The van der Waals surface area contributed by atoms with Crippen LogP contribution in [0.15, 0.2) is 0 Å². The minimum atomic E-state index is -1.48. The molecule has 15 heavy (non-hydrogen) atoms. The van der Waals surface area contributed by atoms with E-state index in [0.29, 0.717) is 0 Å². The van der Waals surface area contributed by atoms with Crippen LogP contribution in [-0.2, 0) is 18.9 Å². The first kappa shape index (κ1) is 9.96. The maximum atomic E-state index is 11.0. The largest absolute Gasteiger partial charge is 0.512 e. The molecule has 5 nitrogen and oxygen atoms in total. The van der Waals surface area contributed by atoms with Crippen molar-refractivity contribution in [1.29, 1.82) is 0 Å². The van der Waals surface area contributed by atoms with Crippen LogP contribution in [0.2, 0.25) is 0 Å². The molecule has 84 valence electrons. The number of carbonyl (C=O) groups is 1. The molecule has 0 spiro atoms. The molecule has 2 heterocycles. The second-order valence-electron chi connectivity index (χ2n) is 4.22. The molecule has 2 aliphatic heterocycles. The Morgan fingerprint density at radius 2 is 1.47 bits per heavy atom. The summed E-state index contributed by atoms with van der Waals surface area (Å²) in [7, 11) is 0. The molecule has 1 aliphatic carbocycles. The van der Waals surface area contributed by atoms with Gasteiger partial charge in [-0.3, -0.25) is 0 Å². The molecule has 2 saturated heterocycles. The lowest BCUT2D eigenvalue weighted by atomic mass is 9.83. The van der Waals surface area contributed by atoms with E-state index in [2.05, 4.69) is 0 Å². The van der Waals surface area contributed by atoms with Crippen LogP contribution in [0, 0.1) is 0 Å². The maximum Gasteiger partial charge on any atom is 0.512 e. The Morgan fingerprint density at radius 1 is 1.07 bits per heavy atom. The van der Waals surface area contributed by atoms with Gasteiger partial charge in [-0.25, -0.2) is 4.79 Å². The fourth-order valence-corrected chi connectivity index (χ4v) is 2.85. The van der Waals surface area contributed by atoms with Gasteiger partial charge in [0.25, 0.3) is 10.1 Å². The minimum absolute atomic E-state index is 0.599. The number of fused-ring (bicyclic) bond motifs is 4. The summed E-state index contributed by atoms with van der Waals surface area (Å²) < 4.78 is 20.6. The molecule has 0 aromatic rings. The van der Waals surface area contributed by atoms with E-state index in [1.807, 2.05) is 0 Å². The number of carbonyl (C=O) groups excluding carboxylic acids is 1. The summed E-state index contributed by atoms with van der Waals surface area (Å²) in [6.45, 7) is 3.45. The zero-order valence-electron chi connectivity index (χ0n) is 7.95. The van der Waals surface area contributed by atoms with Crippen molar-refractivity contribution < 1.29 is 23.7 Å². The van der Waals surface area contributed by atoms with Crippen LogP contribution in [0.1, 0.15) is 13.8 Å². The third kappa shape index (κ3) is 0.952. The van der Waals surface area contributed by atoms with E-state index < -0.39 is 34.3 Å². The number of rotatable bonds is 0. The van der Waals surface area contributed by atoms with Gasteiger partial charge in [-0.15, -0.1) is 0 Å². The van der Waals surface area contributed by atoms with Gasteiger partial charge < -0.3 is 18.9 Å². The van der Waals surface area contributed by atoms with Crippen LogP contribution in [0.5, 0.6) is 0 Å². The van der Waals surface area contributed by atoms with Crippen molar-refractivity contribution in [3.8, 4) is 0 Å². The van der Waals surface area contributed by atoms with Crippen LogP contribution in [0.25, 0.3) is 0 Å². The molecular formula is C8H8Cl2O5. The highest BCUT2D eigenvalue weighted by atomic mass is 35.5. The molecule has 0 amide bonds. The molecule has 0 bridgehead atoms. The number of alkyl halides is 2. The molecular weight excluding hydrogens is 247 g/mol. The SMILES string of the molecule is CC1(C)O[C@@H]2[C@H](O1)[C@@]1(Cl)OC(=O)O[C@@]21Cl. The average Bonchev–Trinajstić information content (AvgIpc) is 2.49. The van der Waals surface area contributed by atoms with Gasteiger partial charge in [-0.05, 0) is 13.8 Å². The molecule has 0 aromatic carbocycles. The Hall–Kier alpha value is -0.230. The number of ether oxygens (including phenoxy) is 4. The standard InChI is InChI=1S/C8H8Cl2O5/c1-6(2)12-3-4(13-6)8(10)7(3,9)14-5(11)15-8/h3-4H,1-2H3/t3-,4+,7+,8-. The predicted molar refractivity (Wildman–Crippen MR) is 48.6 cm³/mol. The van der Waals surface area contributed by atoms with E-state index in [1.54, 1.807) is 13.8 Å². The van der Waals surface area contributed by atoms with Gasteiger partial charge in [0.05, 0.1) is 0 Å². The fourth-order valence-electron chi connectivity index (χ4n) is 2.11. The van der Waals surface area contributed by atoms with Gasteiger partial charge in [0.2, 0.25) is 0 Å². The van der Waals surface area contributed by atoms with E-state index in [9.17, 15) is 4.79 Å². The van der Waals surface area contributed by atoms with Crippen LogP contribution < -0.4 is 0 Å². The second-order valence-corrected chi connectivity index (χ2v) is 5.34. The zero-order chi connectivity index (χ0) is 11.1. The van der Waals surface area contributed by atoms with E-state index in [1.165, 1.54) is 0 Å². The van der Waals surface area contributed by atoms with Gasteiger partial charge in [-0.2, -0.15) is 0 Å². The second kappa shape index (κ2) is 2.37. The van der Waals surface area contributed by atoms with E-state index in [4.69, 9.17) is 42.1 Å². The Kier molecular flexibility index (Phi) is 1.57. The number of hydrogen-bond acceptors (Lipinski definition) is 5. The zero-order valence-corrected chi connectivity index (χ0v) is 9.46. The van der Waals surface area contributed by atoms with Crippen LogP contribution >= 0.6 is 23.2 Å². The van der Waals surface area contributed by atoms with E-state index >= 15 is 0 Å². The highest BCUT2D eigenvalue weighted by Gasteiger charge is 2.86. The summed E-state index contributed by atoms with van der Waals surface area (Å²) in [6.07, 6.45) is -2.10. The first-order valence-corrected chi connectivity index (χ1v) is 5.19. The molecule has 7 heteroatoms. The van der Waals surface area contributed by atoms with Crippen molar-refractivity contribution in [2.75, 3.05) is 0 Å². The predicted octanol–water partition coefficient (Wildman–Crippen LogP) is 1.56. The van der Waals surface area contributed by atoms with Crippen molar-refractivity contribution in [3.63, 3.8) is 0 Å². The summed E-state index contributed by atoms with van der Waals surface area (Å²) in [5.41, 5.74) is 0. The molecule has 0 radical (unpaired) electrons. The first-order chi connectivity index (χ1) is 6.79. The Morgan fingerprint density at radius 3 is 1.87 bits per heavy atom. The van der Waals surface area contributed by atoms with Gasteiger partial charge in [0.1, 0.15) is 0 Å². The number of halogens is 2. The lowest BCUT2D eigenvalue weighted by Crippen LogP contribution is -2.73. The molecule has 3 rings (SSSR count). The Labute approximate surface area is 95.5 Å². The van der Waals surface area contributed by atoms with Crippen molar-refractivity contribution in [2.45, 2.75) is 42.0 Å². The molecule has 0 unspecified atom stereocenters. The third-order valence-electron chi connectivity index (χ3n) is 2.76. The van der Waals surface area contributed by atoms with Gasteiger partial charge in [0.15, 0.2) is 18.0 Å². The third-order valence-corrected chi connectivity index (χ3v) is 4.00. The van der Waals surface area contributed by atoms with E-state index in [0.717, 1.165) is 0 Å². The summed E-state index contributed by atoms with van der Waals surface area (Å²) in [6, 6.07) is 0. The lowest BCUT2D eigenvalue weighted by Gasteiger charge is -2.48. The molecule has 0 N–H and O–H groups in total. The fraction of sp³-hybridized carbons (Fsp3) is 0.875. The highest BCUT2D eigenvalue weighted by molar-refractivity contribution is 6.37. The normalized spacial score (nSPS) is 55.1. The summed E-state index contributed by atoms with van der Waals surface area (Å²) >= 11 is 12.1. The van der Waals surface area contributed by atoms with Crippen molar-refractivity contribution in [3.05, 3.63) is 0 Å². The monoisotopic (exact) mass is 254 g/mol. The van der Waals surface area contributed by atoms with Crippen LogP contribution in [0.4, 0.5) is 4.79 Å². The Balaban J connectivity index is 1.98. The molecule has 0 aromatic heterocycles. The topological polar surface area (TPSA) is 54.0 Å². The van der Waals surface area contributed by atoms with Crippen molar-refractivity contribution in [1.82, 2.24) is 0 Å². The Bertz CT molecular complexity index is 329. The van der Waals surface area contributed by atoms with Crippen molar-refractivity contribution >= 4 is 29.4 Å². The quantitative estimate of drug-likeness (QED) is 0.485. The molecule has 3 aliphatic rings. The smallest absolute Gasteiger partial charge is 0.403 e. The number of hydrogen-bond donors (Lipinski definition) is 0. The summed E-state index contributed by atoms with van der Waals surface area (Å²) in [5, 5.41) is -2.96. The van der Waals surface area contributed by atoms with Crippen molar-refractivity contribution in [2.24, 2.45) is 0 Å². The van der Waals surface area contributed by atoms with Crippen LogP contribution in [0.3, 0.4) is 0 Å². The lowest BCUT2D eigenvalue weighted by molar-refractivity contribution is -0.158. The summed E-state index contributed by atoms with van der Waals surface area (Å²) in [4.78, 5) is 11.0. The molecule has 4 atom stereocenters. The first-order valence-electron chi connectivity index (χ1n) is 4.44. The average molecular weight is 255 g/mol. The molecule has 3 fully saturated rings. The van der Waals surface area contributed by atoms with Crippen LogP contribution in [-0.4, -0.2) is 34.3 Å². The highest BCUT2D eigenvalue weighted by Crippen LogP contribution is 2.64.